The number of hydrogen-bond acceptors (Lipinski definition) is 6. The van der Waals surface area contributed by atoms with Gasteiger partial charge in [0.05, 0.1) is 12.0 Å². The Bertz CT molecular complexity index is 1010. The highest BCUT2D eigenvalue weighted by atomic mass is 35.5. The topological polar surface area (TPSA) is 96.4 Å². The number of benzene rings is 1. The molecular formula is C23H23ClN2O6. The second-order valence-corrected chi connectivity index (χ2v) is 8.77. The number of anilines is 1. The maximum absolute atomic E-state index is 13.9. The predicted octanol–water partition coefficient (Wildman–Crippen LogP) is 1.32. The Labute approximate surface area is 190 Å². The van der Waals surface area contributed by atoms with Crippen molar-refractivity contribution in [2.24, 2.45) is 11.8 Å². The highest BCUT2D eigenvalue weighted by molar-refractivity contribution is 6.30. The van der Waals surface area contributed by atoms with E-state index in [4.69, 9.17) is 21.1 Å². The van der Waals surface area contributed by atoms with E-state index in [9.17, 15) is 19.5 Å². The number of esters is 1. The van der Waals surface area contributed by atoms with E-state index in [1.807, 2.05) is 6.08 Å². The van der Waals surface area contributed by atoms with E-state index in [0.29, 0.717) is 17.1 Å². The van der Waals surface area contributed by atoms with Crippen molar-refractivity contribution in [3.05, 3.63) is 53.6 Å². The van der Waals surface area contributed by atoms with Crippen LogP contribution in [0.25, 0.3) is 0 Å². The van der Waals surface area contributed by atoms with Gasteiger partial charge in [0.2, 0.25) is 5.91 Å². The molecule has 1 aromatic carbocycles. The highest BCUT2D eigenvalue weighted by Crippen LogP contribution is 2.53. The molecule has 1 aromatic rings. The lowest BCUT2D eigenvalue weighted by atomic mass is 9.78. The van der Waals surface area contributed by atoms with Crippen LogP contribution < -0.4 is 4.90 Å². The van der Waals surface area contributed by atoms with Crippen LogP contribution in [0.5, 0.6) is 0 Å². The number of cyclic esters (lactones) is 1. The summed E-state index contributed by atoms with van der Waals surface area (Å²) in [7, 11) is 0. The van der Waals surface area contributed by atoms with Crippen LogP contribution in [0.15, 0.2) is 48.6 Å². The minimum Gasteiger partial charge on any atom is -0.461 e. The molecule has 1 unspecified atom stereocenters. The van der Waals surface area contributed by atoms with Gasteiger partial charge in [-0.15, -0.1) is 0 Å². The fraction of sp³-hybridized carbons (Fsp3) is 0.435. The average molecular weight is 459 g/mol. The molecule has 0 radical (unpaired) electrons. The van der Waals surface area contributed by atoms with Crippen molar-refractivity contribution in [3.8, 4) is 0 Å². The van der Waals surface area contributed by atoms with Crippen LogP contribution in [-0.2, 0) is 23.9 Å². The molecule has 9 heteroatoms. The molecule has 0 bridgehead atoms. The van der Waals surface area contributed by atoms with E-state index in [2.05, 4.69) is 0 Å². The zero-order valence-electron chi connectivity index (χ0n) is 17.2. The second-order valence-electron chi connectivity index (χ2n) is 8.34. The first kappa shape index (κ1) is 21.2. The van der Waals surface area contributed by atoms with Crippen LogP contribution in [0, 0.1) is 11.8 Å². The molecule has 4 aliphatic heterocycles. The van der Waals surface area contributed by atoms with Gasteiger partial charge in [-0.05, 0) is 36.8 Å². The third-order valence-electron chi connectivity index (χ3n) is 6.61. The lowest BCUT2D eigenvalue weighted by molar-refractivity contribution is -0.152. The first-order valence-electron chi connectivity index (χ1n) is 10.6. The van der Waals surface area contributed by atoms with Gasteiger partial charge in [0.1, 0.15) is 24.2 Å². The Morgan fingerprint density at radius 2 is 1.91 bits per heavy atom. The quantitative estimate of drug-likeness (QED) is 0.540. The number of ether oxygens (including phenoxy) is 2. The zero-order chi connectivity index (χ0) is 22.5. The molecule has 0 saturated carbocycles. The number of carbonyl (C=O) groups is 3. The fourth-order valence-corrected chi connectivity index (χ4v) is 5.43. The van der Waals surface area contributed by atoms with Gasteiger partial charge in [-0.3, -0.25) is 14.4 Å². The second kappa shape index (κ2) is 8.03. The molecule has 1 N–H and O–H groups in total. The number of halogens is 1. The molecular weight excluding hydrogens is 436 g/mol. The van der Waals surface area contributed by atoms with Gasteiger partial charge < -0.3 is 24.4 Å². The molecule has 32 heavy (non-hydrogen) atoms. The number of rotatable bonds is 4. The molecule has 5 rings (SSSR count). The summed E-state index contributed by atoms with van der Waals surface area (Å²) in [5.74, 6) is -2.85. The first-order chi connectivity index (χ1) is 15.5. The zero-order valence-corrected chi connectivity index (χ0v) is 18.0. The number of fused-ring (bicyclic) bond motifs is 2. The Kier molecular flexibility index (Phi) is 5.31. The summed E-state index contributed by atoms with van der Waals surface area (Å²) in [6.07, 6.45) is 6.67. The minimum absolute atomic E-state index is 0.125. The fourth-order valence-electron chi connectivity index (χ4n) is 5.30. The summed E-state index contributed by atoms with van der Waals surface area (Å²) in [4.78, 5) is 43.3. The van der Waals surface area contributed by atoms with Crippen LogP contribution in [0.3, 0.4) is 0 Å². The predicted molar refractivity (Wildman–Crippen MR) is 115 cm³/mol. The van der Waals surface area contributed by atoms with E-state index < -0.39 is 35.6 Å². The van der Waals surface area contributed by atoms with Crippen molar-refractivity contribution >= 4 is 35.1 Å². The van der Waals surface area contributed by atoms with E-state index >= 15 is 0 Å². The minimum atomic E-state index is -1.29. The van der Waals surface area contributed by atoms with Crippen molar-refractivity contribution in [3.63, 3.8) is 0 Å². The Balaban J connectivity index is 1.60. The molecule has 2 saturated heterocycles. The average Bonchev–Trinajstić information content (AvgIpc) is 3.07. The van der Waals surface area contributed by atoms with Crippen molar-refractivity contribution in [2.45, 2.75) is 24.2 Å². The Morgan fingerprint density at radius 1 is 1.12 bits per heavy atom. The van der Waals surface area contributed by atoms with Crippen LogP contribution in [-0.4, -0.2) is 71.8 Å². The number of amides is 2. The number of carbonyl (C=O) groups excluding carboxylic acids is 3. The Hall–Kier alpha value is -2.68. The maximum atomic E-state index is 13.9. The van der Waals surface area contributed by atoms with Gasteiger partial charge in [-0.1, -0.05) is 29.8 Å². The van der Waals surface area contributed by atoms with Crippen molar-refractivity contribution < 1.29 is 29.0 Å². The standard InChI is InChI=1S/C23H23ClN2O6/c24-14-5-7-15(8-6-14)25-10-2-9-23-18(17-16(32-23)4-1-13-31-22(17)30)20(28)26(11-3-12-27)19(23)21(25)29/h1-2,4-9,16-19,27H,3,10-13H2/t16-,17+,18+,19-,23?/m1/s1. The highest BCUT2D eigenvalue weighted by Gasteiger charge is 2.71. The van der Waals surface area contributed by atoms with E-state index in [-0.39, 0.29) is 38.1 Å². The largest absolute Gasteiger partial charge is 0.461 e. The molecule has 2 amide bonds. The van der Waals surface area contributed by atoms with Gasteiger partial charge in [0, 0.05) is 30.4 Å². The summed E-state index contributed by atoms with van der Waals surface area (Å²) >= 11 is 6.01. The summed E-state index contributed by atoms with van der Waals surface area (Å²) in [6, 6.07) is 5.93. The summed E-state index contributed by atoms with van der Waals surface area (Å²) in [5.41, 5.74) is -0.647. The molecule has 2 fully saturated rings. The molecule has 8 nitrogen and oxygen atoms in total. The molecule has 4 aliphatic rings. The SMILES string of the molecule is O=C1OCC=C[C@H]2OC34C=CCN(c5ccc(Cl)cc5)C(=O)[C@H]3N(CCCO)C(=O)[C@@H]4[C@@H]12. The number of likely N-dealkylation sites (tertiary alicyclic amines) is 1. The lowest BCUT2D eigenvalue weighted by Gasteiger charge is -2.35. The van der Waals surface area contributed by atoms with Gasteiger partial charge in [-0.25, -0.2) is 0 Å². The third-order valence-corrected chi connectivity index (χ3v) is 6.86. The van der Waals surface area contributed by atoms with E-state index in [0.717, 1.165) is 0 Å². The van der Waals surface area contributed by atoms with Crippen LogP contribution >= 0.6 is 11.6 Å². The third kappa shape index (κ3) is 3.09. The summed E-state index contributed by atoms with van der Waals surface area (Å²) in [6.45, 7) is 0.459. The molecule has 168 valence electrons. The number of nitrogens with zero attached hydrogens (tertiary/aromatic N) is 2. The van der Waals surface area contributed by atoms with Crippen molar-refractivity contribution in [1.29, 1.82) is 0 Å². The number of hydrogen-bond donors (Lipinski definition) is 1. The van der Waals surface area contributed by atoms with Crippen LogP contribution in [0.1, 0.15) is 6.42 Å². The lowest BCUT2D eigenvalue weighted by Crippen LogP contribution is -2.55. The Morgan fingerprint density at radius 3 is 2.66 bits per heavy atom. The van der Waals surface area contributed by atoms with E-state index in [1.54, 1.807) is 47.4 Å². The van der Waals surface area contributed by atoms with Gasteiger partial charge >= 0.3 is 5.97 Å². The monoisotopic (exact) mass is 458 g/mol. The molecule has 0 aromatic heterocycles. The van der Waals surface area contributed by atoms with Gasteiger partial charge in [0.15, 0.2) is 0 Å². The summed E-state index contributed by atoms with van der Waals surface area (Å²) < 4.78 is 11.7. The van der Waals surface area contributed by atoms with Crippen molar-refractivity contribution in [1.82, 2.24) is 4.90 Å². The van der Waals surface area contributed by atoms with E-state index in [1.165, 1.54) is 4.90 Å². The summed E-state index contributed by atoms with van der Waals surface area (Å²) in [5, 5.41) is 9.93. The molecule has 0 aliphatic carbocycles. The maximum Gasteiger partial charge on any atom is 0.313 e. The molecule has 1 spiro atoms. The van der Waals surface area contributed by atoms with Gasteiger partial charge in [0.25, 0.3) is 5.91 Å². The number of aliphatic hydroxyl groups excluding tert-OH is 1. The first-order valence-corrected chi connectivity index (χ1v) is 11.0. The van der Waals surface area contributed by atoms with Crippen LogP contribution in [0.2, 0.25) is 5.02 Å². The smallest absolute Gasteiger partial charge is 0.313 e. The normalized spacial score (nSPS) is 33.5. The van der Waals surface area contributed by atoms with Crippen molar-refractivity contribution in [2.75, 3.05) is 31.2 Å². The molecule has 4 heterocycles. The van der Waals surface area contributed by atoms with Gasteiger partial charge in [-0.2, -0.15) is 0 Å². The van der Waals surface area contributed by atoms with Crippen LogP contribution in [0.4, 0.5) is 5.69 Å². The molecule has 5 atom stereocenters. The number of aliphatic hydroxyl groups is 1.